The van der Waals surface area contributed by atoms with Gasteiger partial charge in [-0.1, -0.05) is 30.3 Å². The van der Waals surface area contributed by atoms with Gasteiger partial charge in [0.25, 0.3) is 5.91 Å². The van der Waals surface area contributed by atoms with Gasteiger partial charge in [0.05, 0.1) is 11.6 Å². The Morgan fingerprint density at radius 3 is 2.59 bits per heavy atom. The fourth-order valence-corrected chi connectivity index (χ4v) is 2.88. The second-order valence-corrected chi connectivity index (χ2v) is 5.69. The van der Waals surface area contributed by atoms with Gasteiger partial charge in [-0.2, -0.15) is 0 Å². The lowest BCUT2D eigenvalue weighted by Crippen LogP contribution is -2.37. The Bertz CT molecular complexity index is 594. The lowest BCUT2D eigenvalue weighted by Gasteiger charge is -2.25. The maximum atomic E-state index is 12.4. The third-order valence-electron chi connectivity index (χ3n) is 4.07. The molecule has 1 aromatic carbocycles. The van der Waals surface area contributed by atoms with Crippen LogP contribution in [0.2, 0.25) is 0 Å². The van der Waals surface area contributed by atoms with Crippen LogP contribution in [0.4, 0.5) is 0 Å². The topological polar surface area (TPSA) is 45.2 Å². The van der Waals surface area contributed by atoms with Crippen molar-refractivity contribution in [3.8, 4) is 0 Å². The molecule has 3 rings (SSSR count). The molecule has 1 N–H and O–H groups in total. The molecular weight excluding hydrogens is 274 g/mol. The summed E-state index contributed by atoms with van der Waals surface area (Å²) >= 11 is 0. The summed E-state index contributed by atoms with van der Waals surface area (Å²) in [5.74, 6) is -0.0684. The molecule has 1 saturated heterocycles. The summed E-state index contributed by atoms with van der Waals surface area (Å²) in [7, 11) is 0. The summed E-state index contributed by atoms with van der Waals surface area (Å²) in [4.78, 5) is 18.9. The van der Waals surface area contributed by atoms with Crippen LogP contribution in [0.1, 0.15) is 34.8 Å². The zero-order valence-corrected chi connectivity index (χ0v) is 12.6. The van der Waals surface area contributed by atoms with E-state index in [-0.39, 0.29) is 11.9 Å². The molecule has 1 aliphatic heterocycles. The second-order valence-electron chi connectivity index (χ2n) is 5.69. The van der Waals surface area contributed by atoms with Gasteiger partial charge in [-0.05, 0) is 43.6 Å². The van der Waals surface area contributed by atoms with E-state index in [9.17, 15) is 4.79 Å². The molecule has 2 heterocycles. The van der Waals surface area contributed by atoms with Gasteiger partial charge in [-0.25, -0.2) is 0 Å². The van der Waals surface area contributed by atoms with Gasteiger partial charge in [0.2, 0.25) is 0 Å². The van der Waals surface area contributed by atoms with Crippen LogP contribution in [-0.2, 0) is 0 Å². The fraction of sp³-hybridized carbons (Fsp3) is 0.333. The molecule has 4 nitrogen and oxygen atoms in total. The van der Waals surface area contributed by atoms with Gasteiger partial charge in [0.1, 0.15) is 0 Å². The Kier molecular flexibility index (Phi) is 4.81. The van der Waals surface area contributed by atoms with E-state index < -0.39 is 0 Å². The Morgan fingerprint density at radius 1 is 1.14 bits per heavy atom. The molecule has 0 saturated carbocycles. The number of aromatic nitrogens is 1. The predicted octanol–water partition coefficient (Wildman–Crippen LogP) is 2.65. The molecule has 0 bridgehead atoms. The molecule has 1 unspecified atom stereocenters. The normalized spacial score (nSPS) is 16.4. The molecular formula is C18H21N3O. The third-order valence-corrected chi connectivity index (χ3v) is 4.07. The van der Waals surface area contributed by atoms with Gasteiger partial charge in [-0.15, -0.1) is 0 Å². The van der Waals surface area contributed by atoms with E-state index in [1.54, 1.807) is 24.5 Å². The van der Waals surface area contributed by atoms with Gasteiger partial charge in [0.15, 0.2) is 0 Å². The maximum absolute atomic E-state index is 12.4. The highest BCUT2D eigenvalue weighted by Crippen LogP contribution is 2.18. The minimum absolute atomic E-state index is 0.00649. The molecule has 4 heteroatoms. The highest BCUT2D eigenvalue weighted by molar-refractivity contribution is 5.94. The number of hydrogen-bond acceptors (Lipinski definition) is 3. The van der Waals surface area contributed by atoms with Crippen molar-refractivity contribution >= 4 is 5.91 Å². The molecule has 1 atom stereocenters. The summed E-state index contributed by atoms with van der Waals surface area (Å²) in [5, 5.41) is 3.16. The standard InChI is InChI=1S/C18H21N3O/c22-18(16-9-6-10-19-13-16)20-17(14-21-11-4-5-12-21)15-7-2-1-3-8-15/h1-3,6-10,13,17H,4-5,11-12,14H2,(H,20,22). The number of carbonyl (C=O) groups excluding carboxylic acids is 1. The van der Waals surface area contributed by atoms with Crippen LogP contribution >= 0.6 is 0 Å². The Balaban J connectivity index is 1.74. The number of benzene rings is 1. The largest absolute Gasteiger partial charge is 0.344 e. The monoisotopic (exact) mass is 295 g/mol. The van der Waals surface area contributed by atoms with Crippen LogP contribution in [0.3, 0.4) is 0 Å². The van der Waals surface area contributed by atoms with E-state index in [1.807, 2.05) is 18.2 Å². The summed E-state index contributed by atoms with van der Waals surface area (Å²) in [6, 6.07) is 13.8. The average Bonchev–Trinajstić information content (AvgIpc) is 3.09. The van der Waals surface area contributed by atoms with E-state index in [0.717, 1.165) is 25.2 Å². The van der Waals surface area contributed by atoms with Crippen molar-refractivity contribution in [3.63, 3.8) is 0 Å². The minimum atomic E-state index is -0.0684. The first-order valence-electron chi connectivity index (χ1n) is 7.81. The highest BCUT2D eigenvalue weighted by atomic mass is 16.1. The third kappa shape index (κ3) is 3.71. The number of nitrogens with zero attached hydrogens (tertiary/aromatic N) is 2. The molecule has 114 valence electrons. The predicted molar refractivity (Wildman–Crippen MR) is 86.6 cm³/mol. The summed E-state index contributed by atoms with van der Waals surface area (Å²) in [5.41, 5.74) is 1.75. The van der Waals surface area contributed by atoms with Crippen molar-refractivity contribution in [1.82, 2.24) is 15.2 Å². The van der Waals surface area contributed by atoms with Crippen LogP contribution in [-0.4, -0.2) is 35.4 Å². The van der Waals surface area contributed by atoms with Crippen molar-refractivity contribution < 1.29 is 4.79 Å². The van der Waals surface area contributed by atoms with Gasteiger partial charge >= 0.3 is 0 Å². The SMILES string of the molecule is O=C(NC(CN1CCCC1)c1ccccc1)c1cccnc1. The first kappa shape index (κ1) is 14.7. The molecule has 1 fully saturated rings. The number of nitrogens with one attached hydrogen (secondary N) is 1. The molecule has 0 aliphatic carbocycles. The lowest BCUT2D eigenvalue weighted by molar-refractivity contribution is 0.0927. The lowest BCUT2D eigenvalue weighted by atomic mass is 10.1. The van der Waals surface area contributed by atoms with E-state index in [2.05, 4.69) is 27.3 Å². The number of amides is 1. The molecule has 1 aliphatic rings. The van der Waals surface area contributed by atoms with Crippen molar-refractivity contribution in [2.24, 2.45) is 0 Å². The van der Waals surface area contributed by atoms with Crippen molar-refractivity contribution in [2.45, 2.75) is 18.9 Å². The number of likely N-dealkylation sites (tertiary alicyclic amines) is 1. The molecule has 2 aromatic rings. The quantitative estimate of drug-likeness (QED) is 0.922. The van der Waals surface area contributed by atoms with E-state index in [0.29, 0.717) is 5.56 Å². The average molecular weight is 295 g/mol. The first-order chi connectivity index (χ1) is 10.8. The first-order valence-corrected chi connectivity index (χ1v) is 7.81. The maximum Gasteiger partial charge on any atom is 0.253 e. The Hall–Kier alpha value is -2.20. The zero-order valence-electron chi connectivity index (χ0n) is 12.6. The Labute approximate surface area is 131 Å². The molecule has 0 radical (unpaired) electrons. The van der Waals surface area contributed by atoms with Crippen molar-refractivity contribution in [3.05, 3.63) is 66.0 Å². The number of hydrogen-bond donors (Lipinski definition) is 1. The van der Waals surface area contributed by atoms with Gasteiger partial charge in [-0.3, -0.25) is 9.78 Å². The molecule has 0 spiro atoms. The van der Waals surface area contributed by atoms with Crippen LogP contribution in [0.5, 0.6) is 0 Å². The zero-order chi connectivity index (χ0) is 15.2. The van der Waals surface area contributed by atoms with Crippen LogP contribution in [0, 0.1) is 0 Å². The number of carbonyl (C=O) groups is 1. The van der Waals surface area contributed by atoms with Crippen molar-refractivity contribution in [1.29, 1.82) is 0 Å². The smallest absolute Gasteiger partial charge is 0.253 e. The van der Waals surface area contributed by atoms with Crippen molar-refractivity contribution in [2.75, 3.05) is 19.6 Å². The van der Waals surface area contributed by atoms with E-state index in [4.69, 9.17) is 0 Å². The Morgan fingerprint density at radius 2 is 1.91 bits per heavy atom. The van der Waals surface area contributed by atoms with Gasteiger partial charge < -0.3 is 10.2 Å². The molecule has 22 heavy (non-hydrogen) atoms. The fourth-order valence-electron chi connectivity index (χ4n) is 2.88. The van der Waals surface area contributed by atoms with Crippen LogP contribution in [0.15, 0.2) is 54.9 Å². The molecule has 1 amide bonds. The summed E-state index contributed by atoms with van der Waals surface area (Å²) in [6.45, 7) is 3.09. The highest BCUT2D eigenvalue weighted by Gasteiger charge is 2.21. The summed E-state index contributed by atoms with van der Waals surface area (Å²) in [6.07, 6.45) is 5.78. The van der Waals surface area contributed by atoms with Gasteiger partial charge in [0, 0.05) is 18.9 Å². The minimum Gasteiger partial charge on any atom is -0.344 e. The molecule has 1 aromatic heterocycles. The van der Waals surface area contributed by atoms with E-state index in [1.165, 1.54) is 12.8 Å². The summed E-state index contributed by atoms with van der Waals surface area (Å²) < 4.78 is 0. The number of rotatable bonds is 5. The van der Waals surface area contributed by atoms with Crippen LogP contribution < -0.4 is 5.32 Å². The van der Waals surface area contributed by atoms with E-state index >= 15 is 0 Å². The number of pyridine rings is 1. The van der Waals surface area contributed by atoms with Crippen LogP contribution in [0.25, 0.3) is 0 Å². The second kappa shape index (κ2) is 7.18.